The lowest BCUT2D eigenvalue weighted by molar-refractivity contribution is -0.111. The predicted molar refractivity (Wildman–Crippen MR) is 91.9 cm³/mol. The van der Waals surface area contributed by atoms with E-state index in [4.69, 9.17) is 9.47 Å². The highest BCUT2D eigenvalue weighted by atomic mass is 19.1. The summed E-state index contributed by atoms with van der Waals surface area (Å²) in [5.74, 6) is 0.496. The lowest BCUT2D eigenvalue weighted by Crippen LogP contribution is -2.08. The first-order valence-corrected chi connectivity index (χ1v) is 7.63. The molecule has 2 heterocycles. The average molecular weight is 336 g/mol. The number of benzene rings is 2. The van der Waals surface area contributed by atoms with E-state index >= 15 is 0 Å². The van der Waals surface area contributed by atoms with Crippen molar-refractivity contribution < 1.29 is 18.7 Å². The van der Waals surface area contributed by atoms with E-state index in [9.17, 15) is 9.18 Å². The number of hydrogen-bond acceptors (Lipinski definition) is 4. The number of aromatic nitrogens is 1. The van der Waals surface area contributed by atoms with Gasteiger partial charge in [-0.15, -0.1) is 0 Å². The van der Waals surface area contributed by atoms with Crippen LogP contribution < -0.4 is 14.8 Å². The molecule has 0 atom stereocenters. The molecule has 0 saturated carbocycles. The van der Waals surface area contributed by atoms with Crippen molar-refractivity contribution in [2.45, 2.75) is 0 Å². The molecular formula is C19H13FN2O3. The van der Waals surface area contributed by atoms with Crippen LogP contribution >= 0.6 is 0 Å². The molecule has 1 N–H and O–H groups in total. The molecule has 0 unspecified atom stereocenters. The van der Waals surface area contributed by atoms with E-state index in [0.29, 0.717) is 22.6 Å². The minimum Gasteiger partial charge on any atom is -0.454 e. The molecule has 3 aromatic rings. The van der Waals surface area contributed by atoms with Crippen LogP contribution in [0.25, 0.3) is 17.0 Å². The number of carbonyl (C=O) groups excluding carboxylic acids is 1. The maximum Gasteiger partial charge on any atom is 0.248 e. The minimum absolute atomic E-state index is 0.168. The van der Waals surface area contributed by atoms with E-state index in [0.717, 1.165) is 5.56 Å². The normalized spacial score (nSPS) is 12.7. The van der Waals surface area contributed by atoms with Crippen molar-refractivity contribution in [3.8, 4) is 11.5 Å². The Morgan fingerprint density at radius 3 is 2.96 bits per heavy atom. The van der Waals surface area contributed by atoms with Gasteiger partial charge in [0.1, 0.15) is 11.3 Å². The van der Waals surface area contributed by atoms with E-state index in [1.54, 1.807) is 30.3 Å². The van der Waals surface area contributed by atoms with Gasteiger partial charge in [0.05, 0.1) is 5.69 Å². The summed E-state index contributed by atoms with van der Waals surface area (Å²) in [6.07, 6.45) is 4.50. The third kappa shape index (κ3) is 2.89. The molecule has 1 aliphatic rings. The van der Waals surface area contributed by atoms with Gasteiger partial charge >= 0.3 is 0 Å². The maximum atomic E-state index is 13.8. The maximum absolute atomic E-state index is 13.8. The summed E-state index contributed by atoms with van der Waals surface area (Å²) >= 11 is 0. The van der Waals surface area contributed by atoms with Crippen LogP contribution in [0.3, 0.4) is 0 Å². The molecule has 0 bridgehead atoms. The number of ether oxygens (including phenoxy) is 2. The van der Waals surface area contributed by atoms with E-state index < -0.39 is 5.82 Å². The quantitative estimate of drug-likeness (QED) is 0.740. The largest absolute Gasteiger partial charge is 0.454 e. The van der Waals surface area contributed by atoms with E-state index in [2.05, 4.69) is 10.3 Å². The average Bonchev–Trinajstić information content (AvgIpc) is 3.10. The number of fused-ring (bicyclic) bond motifs is 2. The zero-order chi connectivity index (χ0) is 17.2. The first-order chi connectivity index (χ1) is 12.2. The molecule has 124 valence electrons. The van der Waals surface area contributed by atoms with Crippen molar-refractivity contribution in [3.63, 3.8) is 0 Å². The SMILES string of the molecule is O=C(/C=C/c1cccc2c1OCO2)Nc1ccnc2c(F)cccc12. The van der Waals surface area contributed by atoms with Gasteiger partial charge in [0.2, 0.25) is 12.7 Å². The van der Waals surface area contributed by atoms with E-state index in [-0.39, 0.29) is 18.2 Å². The first kappa shape index (κ1) is 15.1. The fraction of sp³-hybridized carbons (Fsp3) is 0.0526. The highest BCUT2D eigenvalue weighted by Gasteiger charge is 2.15. The van der Waals surface area contributed by atoms with Gasteiger partial charge in [-0.05, 0) is 24.3 Å². The highest BCUT2D eigenvalue weighted by molar-refractivity contribution is 6.07. The van der Waals surface area contributed by atoms with E-state index in [1.165, 1.54) is 18.3 Å². The number of nitrogens with zero attached hydrogens (tertiary/aromatic N) is 1. The van der Waals surface area contributed by atoms with Gasteiger partial charge in [-0.3, -0.25) is 9.78 Å². The lowest BCUT2D eigenvalue weighted by atomic mass is 10.1. The summed E-state index contributed by atoms with van der Waals surface area (Å²) in [7, 11) is 0. The standard InChI is InChI=1S/C19H13FN2O3/c20-14-5-2-4-13-15(9-10-21-18(13)14)22-17(23)8-7-12-3-1-6-16-19(12)25-11-24-16/h1-10H,11H2,(H,21,22,23)/b8-7+. The molecule has 4 rings (SSSR count). The number of rotatable bonds is 3. The summed E-state index contributed by atoms with van der Waals surface area (Å²) in [6.45, 7) is 0.168. The molecule has 0 aliphatic carbocycles. The number of halogens is 1. The molecule has 0 spiro atoms. The Morgan fingerprint density at radius 2 is 2.04 bits per heavy atom. The van der Waals surface area contributed by atoms with Crippen LogP contribution in [0, 0.1) is 5.82 Å². The Kier molecular flexibility index (Phi) is 3.78. The van der Waals surface area contributed by atoms with Gasteiger partial charge in [-0.25, -0.2) is 4.39 Å². The summed E-state index contributed by atoms with van der Waals surface area (Å²) in [5.41, 5.74) is 1.46. The Balaban J connectivity index is 1.58. The van der Waals surface area contributed by atoms with Crippen molar-refractivity contribution in [1.82, 2.24) is 4.98 Å². The second-order valence-electron chi connectivity index (χ2n) is 5.40. The van der Waals surface area contributed by atoms with Gasteiger partial charge in [0.25, 0.3) is 0 Å². The van der Waals surface area contributed by atoms with Crippen molar-refractivity contribution in [3.05, 3.63) is 66.1 Å². The van der Waals surface area contributed by atoms with Gasteiger partial charge < -0.3 is 14.8 Å². The number of amides is 1. The molecular weight excluding hydrogens is 323 g/mol. The Morgan fingerprint density at radius 1 is 1.16 bits per heavy atom. The van der Waals surface area contributed by atoms with Crippen LogP contribution in [-0.4, -0.2) is 17.7 Å². The summed E-state index contributed by atoms with van der Waals surface area (Å²) in [6, 6.07) is 11.7. The predicted octanol–water partition coefficient (Wildman–Crippen LogP) is 3.75. The van der Waals surface area contributed by atoms with Crippen LogP contribution in [-0.2, 0) is 4.79 Å². The van der Waals surface area contributed by atoms with Crippen molar-refractivity contribution >= 4 is 28.6 Å². The molecule has 25 heavy (non-hydrogen) atoms. The van der Waals surface area contributed by atoms with Gasteiger partial charge in [-0.2, -0.15) is 0 Å². The molecule has 0 radical (unpaired) electrons. The molecule has 1 aromatic heterocycles. The molecule has 1 amide bonds. The molecule has 2 aromatic carbocycles. The molecule has 0 saturated heterocycles. The van der Waals surface area contributed by atoms with Crippen LogP contribution in [0.5, 0.6) is 11.5 Å². The number of hydrogen-bond donors (Lipinski definition) is 1. The van der Waals surface area contributed by atoms with Crippen molar-refractivity contribution in [1.29, 1.82) is 0 Å². The van der Waals surface area contributed by atoms with Crippen molar-refractivity contribution in [2.75, 3.05) is 12.1 Å². The number of anilines is 1. The van der Waals surface area contributed by atoms with Crippen molar-refractivity contribution in [2.24, 2.45) is 0 Å². The Hall–Kier alpha value is -3.41. The van der Waals surface area contributed by atoms with Crippen LogP contribution in [0.2, 0.25) is 0 Å². The number of pyridine rings is 1. The van der Waals surface area contributed by atoms with Crippen LogP contribution in [0.15, 0.2) is 54.7 Å². The third-order valence-electron chi connectivity index (χ3n) is 3.82. The number of nitrogens with one attached hydrogen (secondary N) is 1. The smallest absolute Gasteiger partial charge is 0.248 e. The summed E-state index contributed by atoms with van der Waals surface area (Å²) in [5, 5.41) is 3.29. The highest BCUT2D eigenvalue weighted by Crippen LogP contribution is 2.35. The molecule has 5 nitrogen and oxygen atoms in total. The Labute approximate surface area is 142 Å². The molecule has 1 aliphatic heterocycles. The molecule has 6 heteroatoms. The second-order valence-corrected chi connectivity index (χ2v) is 5.40. The van der Waals surface area contributed by atoms with Gasteiger partial charge in [0.15, 0.2) is 11.5 Å². The number of carbonyl (C=O) groups is 1. The minimum atomic E-state index is -0.430. The third-order valence-corrected chi connectivity index (χ3v) is 3.82. The fourth-order valence-corrected chi connectivity index (χ4v) is 2.67. The zero-order valence-electron chi connectivity index (χ0n) is 13.0. The second kappa shape index (κ2) is 6.24. The summed E-state index contributed by atoms with van der Waals surface area (Å²) < 4.78 is 24.5. The first-order valence-electron chi connectivity index (χ1n) is 7.63. The van der Waals surface area contributed by atoms with Gasteiger partial charge in [-0.1, -0.05) is 24.3 Å². The lowest BCUT2D eigenvalue weighted by Gasteiger charge is -2.07. The van der Waals surface area contributed by atoms with E-state index in [1.807, 2.05) is 12.1 Å². The topological polar surface area (TPSA) is 60.5 Å². The zero-order valence-corrected chi connectivity index (χ0v) is 13.0. The summed E-state index contributed by atoms with van der Waals surface area (Å²) in [4.78, 5) is 16.2. The van der Waals surface area contributed by atoms with Crippen LogP contribution in [0.1, 0.15) is 5.56 Å². The molecule has 0 fully saturated rings. The van der Waals surface area contributed by atoms with Crippen LogP contribution in [0.4, 0.5) is 10.1 Å². The number of para-hydroxylation sites is 2. The van der Waals surface area contributed by atoms with Gasteiger partial charge in [0, 0.05) is 23.2 Å². The monoisotopic (exact) mass is 336 g/mol. The fourth-order valence-electron chi connectivity index (χ4n) is 2.67. The Bertz CT molecular complexity index is 1000.